The monoisotopic (exact) mass is 357 g/mol. The summed E-state index contributed by atoms with van der Waals surface area (Å²) >= 11 is 0. The average molecular weight is 357 g/mol. The summed E-state index contributed by atoms with van der Waals surface area (Å²) in [5.74, 6) is 0.529. The van der Waals surface area contributed by atoms with Crippen LogP contribution < -0.4 is 10.2 Å². The summed E-state index contributed by atoms with van der Waals surface area (Å²) in [4.78, 5) is 42.5. The number of amides is 4. The molecule has 136 valence electrons. The van der Waals surface area contributed by atoms with Gasteiger partial charge in [0.25, 0.3) is 5.91 Å². The Kier molecular flexibility index (Phi) is 4.70. The molecular formula is C17H19N5O4. The van der Waals surface area contributed by atoms with E-state index in [0.717, 1.165) is 0 Å². The first-order chi connectivity index (χ1) is 12.3. The second-order valence-electron chi connectivity index (χ2n) is 6.35. The van der Waals surface area contributed by atoms with Gasteiger partial charge in [0, 0.05) is 24.2 Å². The topological polar surface area (TPSA) is 109 Å². The van der Waals surface area contributed by atoms with Crippen LogP contribution in [-0.2, 0) is 11.3 Å². The molecule has 1 saturated heterocycles. The molecule has 26 heavy (non-hydrogen) atoms. The van der Waals surface area contributed by atoms with E-state index in [4.69, 9.17) is 4.52 Å². The van der Waals surface area contributed by atoms with Crippen LogP contribution in [0, 0.1) is 0 Å². The van der Waals surface area contributed by atoms with Crippen LogP contribution in [0.3, 0.4) is 0 Å². The number of benzene rings is 1. The van der Waals surface area contributed by atoms with Crippen molar-refractivity contribution in [3.8, 4) is 0 Å². The highest BCUT2D eigenvalue weighted by molar-refractivity contribution is 6.12. The number of aromatic nitrogens is 2. The summed E-state index contributed by atoms with van der Waals surface area (Å²) in [6.45, 7) is 4.09. The van der Waals surface area contributed by atoms with E-state index in [1.54, 1.807) is 31.3 Å². The van der Waals surface area contributed by atoms with Gasteiger partial charge < -0.3 is 9.42 Å². The van der Waals surface area contributed by atoms with Crippen molar-refractivity contribution in [2.24, 2.45) is 0 Å². The average Bonchev–Trinajstić information content (AvgIpc) is 3.20. The van der Waals surface area contributed by atoms with Gasteiger partial charge in [0.2, 0.25) is 11.8 Å². The summed E-state index contributed by atoms with van der Waals surface area (Å²) in [6.07, 6.45) is 0. The second kappa shape index (κ2) is 6.95. The van der Waals surface area contributed by atoms with E-state index < -0.39 is 6.03 Å². The number of rotatable bonds is 5. The lowest BCUT2D eigenvalue weighted by atomic mass is 10.1. The second-order valence-corrected chi connectivity index (χ2v) is 6.35. The van der Waals surface area contributed by atoms with Crippen LogP contribution in [0.1, 0.15) is 41.8 Å². The highest BCUT2D eigenvalue weighted by Gasteiger charge is 2.28. The fourth-order valence-corrected chi connectivity index (χ4v) is 2.50. The summed E-state index contributed by atoms with van der Waals surface area (Å²) in [5, 5.41) is 6.08. The van der Waals surface area contributed by atoms with Crippen LogP contribution in [0.2, 0.25) is 0 Å². The van der Waals surface area contributed by atoms with Gasteiger partial charge in [-0.25, -0.2) is 4.79 Å². The molecule has 9 heteroatoms. The van der Waals surface area contributed by atoms with Crippen LogP contribution in [0.25, 0.3) is 0 Å². The largest absolute Gasteiger partial charge is 0.339 e. The van der Waals surface area contributed by atoms with Crippen molar-refractivity contribution in [1.29, 1.82) is 0 Å². The third-order valence-electron chi connectivity index (χ3n) is 3.92. The zero-order chi connectivity index (χ0) is 18.8. The first kappa shape index (κ1) is 17.6. The third kappa shape index (κ3) is 3.56. The molecule has 0 saturated carbocycles. The molecule has 0 spiro atoms. The maximum atomic E-state index is 12.5. The number of nitrogens with one attached hydrogen (secondary N) is 1. The van der Waals surface area contributed by atoms with Crippen LogP contribution in [0.4, 0.5) is 10.5 Å². The Labute approximate surface area is 150 Å². The van der Waals surface area contributed by atoms with Gasteiger partial charge in [-0.05, 0) is 24.3 Å². The SMILES string of the molecule is CC(C)c1nc(CN(C)C(=O)c2ccc(N3CC(=O)NC3=O)cc2)no1. The number of anilines is 1. The Morgan fingerprint density at radius 3 is 2.54 bits per heavy atom. The lowest BCUT2D eigenvalue weighted by Crippen LogP contribution is -2.28. The number of hydrogen-bond donors (Lipinski definition) is 1. The maximum absolute atomic E-state index is 12.5. The number of carbonyl (C=O) groups excluding carboxylic acids is 3. The molecule has 1 aromatic carbocycles. The number of urea groups is 1. The molecule has 1 aliphatic heterocycles. The summed E-state index contributed by atoms with van der Waals surface area (Å²) in [5.41, 5.74) is 1.00. The lowest BCUT2D eigenvalue weighted by molar-refractivity contribution is -0.117. The Morgan fingerprint density at radius 1 is 1.31 bits per heavy atom. The minimum absolute atomic E-state index is 0.0258. The van der Waals surface area contributed by atoms with Crippen LogP contribution in [0.5, 0.6) is 0 Å². The van der Waals surface area contributed by atoms with Crippen molar-refractivity contribution in [1.82, 2.24) is 20.4 Å². The minimum Gasteiger partial charge on any atom is -0.339 e. The van der Waals surface area contributed by atoms with Crippen molar-refractivity contribution in [3.05, 3.63) is 41.5 Å². The van der Waals surface area contributed by atoms with Crippen molar-refractivity contribution in [2.45, 2.75) is 26.3 Å². The van der Waals surface area contributed by atoms with E-state index in [0.29, 0.717) is 23.0 Å². The number of hydrogen-bond acceptors (Lipinski definition) is 6. The third-order valence-corrected chi connectivity index (χ3v) is 3.92. The number of nitrogens with zero attached hydrogens (tertiary/aromatic N) is 4. The normalized spacial score (nSPS) is 14.1. The molecule has 0 atom stereocenters. The fourth-order valence-electron chi connectivity index (χ4n) is 2.50. The van der Waals surface area contributed by atoms with E-state index in [1.807, 2.05) is 13.8 Å². The van der Waals surface area contributed by atoms with E-state index >= 15 is 0 Å². The Balaban J connectivity index is 1.67. The van der Waals surface area contributed by atoms with Gasteiger partial charge >= 0.3 is 6.03 Å². The van der Waals surface area contributed by atoms with Gasteiger partial charge in [-0.15, -0.1) is 0 Å². The van der Waals surface area contributed by atoms with E-state index in [9.17, 15) is 14.4 Å². The Morgan fingerprint density at radius 2 is 2.00 bits per heavy atom. The van der Waals surface area contributed by atoms with Gasteiger partial charge in [0.05, 0.1) is 6.54 Å². The smallest absolute Gasteiger partial charge is 0.329 e. The van der Waals surface area contributed by atoms with E-state index in [2.05, 4.69) is 15.5 Å². The maximum Gasteiger partial charge on any atom is 0.329 e. The highest BCUT2D eigenvalue weighted by Crippen LogP contribution is 2.19. The molecule has 1 fully saturated rings. The highest BCUT2D eigenvalue weighted by atomic mass is 16.5. The van der Waals surface area contributed by atoms with Gasteiger partial charge in [-0.3, -0.25) is 19.8 Å². The molecule has 1 aromatic heterocycles. The summed E-state index contributed by atoms with van der Waals surface area (Å²) in [6, 6.07) is 6.01. The molecular weight excluding hydrogens is 338 g/mol. The Hall–Kier alpha value is -3.23. The molecule has 2 heterocycles. The molecule has 2 aromatic rings. The molecule has 4 amide bonds. The molecule has 1 N–H and O–H groups in total. The van der Waals surface area contributed by atoms with Crippen molar-refractivity contribution >= 4 is 23.5 Å². The quantitative estimate of drug-likeness (QED) is 0.813. The fraction of sp³-hybridized carbons (Fsp3) is 0.353. The molecule has 0 radical (unpaired) electrons. The minimum atomic E-state index is -0.468. The van der Waals surface area contributed by atoms with E-state index in [1.165, 1.54) is 9.80 Å². The van der Waals surface area contributed by atoms with Gasteiger partial charge in [-0.1, -0.05) is 19.0 Å². The molecule has 0 unspecified atom stereocenters. The predicted octanol–water partition coefficient (Wildman–Crippen LogP) is 1.52. The standard InChI is InChI=1S/C17H19N5O4/c1-10(2)15-18-13(20-26-15)8-21(3)16(24)11-4-6-12(7-5-11)22-9-14(23)19-17(22)25/h4-7,10H,8-9H2,1-3H3,(H,19,23,25). The van der Waals surface area contributed by atoms with Gasteiger partial charge in [-0.2, -0.15) is 4.98 Å². The zero-order valence-electron chi connectivity index (χ0n) is 14.7. The first-order valence-corrected chi connectivity index (χ1v) is 8.14. The van der Waals surface area contributed by atoms with Crippen molar-refractivity contribution < 1.29 is 18.9 Å². The zero-order valence-corrected chi connectivity index (χ0v) is 14.7. The molecule has 3 rings (SSSR count). The summed E-state index contributed by atoms with van der Waals surface area (Å²) < 4.78 is 5.13. The molecule has 0 aliphatic carbocycles. The van der Waals surface area contributed by atoms with E-state index in [-0.39, 0.29) is 30.8 Å². The summed E-state index contributed by atoms with van der Waals surface area (Å²) in [7, 11) is 1.65. The van der Waals surface area contributed by atoms with Crippen LogP contribution in [0.15, 0.2) is 28.8 Å². The molecule has 0 bridgehead atoms. The van der Waals surface area contributed by atoms with Crippen molar-refractivity contribution in [3.63, 3.8) is 0 Å². The van der Waals surface area contributed by atoms with Crippen molar-refractivity contribution in [2.75, 3.05) is 18.5 Å². The van der Waals surface area contributed by atoms with Gasteiger partial charge in [0.15, 0.2) is 5.82 Å². The van der Waals surface area contributed by atoms with Crippen LogP contribution in [-0.4, -0.2) is 46.5 Å². The number of carbonyl (C=O) groups is 3. The van der Waals surface area contributed by atoms with Gasteiger partial charge in [0.1, 0.15) is 6.54 Å². The molecule has 9 nitrogen and oxygen atoms in total. The first-order valence-electron chi connectivity index (χ1n) is 8.14. The Bertz CT molecular complexity index is 843. The lowest BCUT2D eigenvalue weighted by Gasteiger charge is -2.17. The number of imide groups is 1. The molecule has 1 aliphatic rings. The van der Waals surface area contributed by atoms with Crippen LogP contribution >= 0.6 is 0 Å². The predicted molar refractivity (Wildman–Crippen MR) is 91.5 cm³/mol.